The van der Waals surface area contributed by atoms with Crippen LogP contribution in [0.15, 0.2) is 97.2 Å². The number of ether oxygens (including phenoxy) is 1. The van der Waals surface area contributed by atoms with Crippen LogP contribution in [0.25, 0.3) is 0 Å². The fraction of sp³-hybridized carbons (Fsp3) is 0.667. The maximum absolute atomic E-state index is 13.2. The monoisotopic (exact) mass is 834 g/mol. The van der Waals surface area contributed by atoms with Gasteiger partial charge in [0.05, 0.1) is 25.2 Å². The Kier molecular flexibility index (Phi) is 44.3. The molecule has 3 N–H and O–H groups in total. The average molecular weight is 834 g/mol. The lowest BCUT2D eigenvalue weighted by Crippen LogP contribution is -2.46. The molecule has 3 unspecified atom stereocenters. The molecule has 0 bridgehead atoms. The molecule has 60 heavy (non-hydrogen) atoms. The van der Waals surface area contributed by atoms with Gasteiger partial charge in [-0.05, 0) is 64.2 Å². The van der Waals surface area contributed by atoms with E-state index in [1.54, 1.807) is 0 Å². The van der Waals surface area contributed by atoms with Crippen molar-refractivity contribution in [3.8, 4) is 0 Å². The van der Waals surface area contributed by atoms with Crippen molar-refractivity contribution in [1.29, 1.82) is 0 Å². The van der Waals surface area contributed by atoms with E-state index >= 15 is 0 Å². The van der Waals surface area contributed by atoms with Crippen LogP contribution in [-0.4, -0.2) is 46.9 Å². The lowest BCUT2D eigenvalue weighted by atomic mass is 10.0. The first kappa shape index (κ1) is 56.8. The second-order valence-electron chi connectivity index (χ2n) is 16.3. The van der Waals surface area contributed by atoms with Crippen molar-refractivity contribution in [2.45, 2.75) is 225 Å². The summed E-state index contributed by atoms with van der Waals surface area (Å²) in [7, 11) is 0. The summed E-state index contributed by atoms with van der Waals surface area (Å²) >= 11 is 0. The Labute approximate surface area is 369 Å². The van der Waals surface area contributed by atoms with Gasteiger partial charge in [0.1, 0.15) is 6.10 Å². The summed E-state index contributed by atoms with van der Waals surface area (Å²) in [4.78, 5) is 26.1. The van der Waals surface area contributed by atoms with Gasteiger partial charge in [-0.25, -0.2) is 0 Å². The second kappa shape index (κ2) is 46.8. The molecule has 3 atom stereocenters. The number of nitrogens with one attached hydrogen (secondary N) is 1. The normalized spacial score (nSPS) is 14.2. The molecule has 0 aromatic rings. The highest BCUT2D eigenvalue weighted by Gasteiger charge is 2.24. The second-order valence-corrected chi connectivity index (χ2v) is 16.3. The van der Waals surface area contributed by atoms with Crippen LogP contribution in [0.2, 0.25) is 0 Å². The van der Waals surface area contributed by atoms with Gasteiger partial charge in [-0.15, -0.1) is 0 Å². The highest BCUT2D eigenvalue weighted by atomic mass is 16.5. The lowest BCUT2D eigenvalue weighted by Gasteiger charge is -2.24. The SMILES string of the molecule is CC\C=C/C=C/C=C/C=C\C=C\C=C\CCCC(CC(=O)NC(CO)C(O)CCCCCCCCCCCCCC)OC(=O)CCCCCCCCC/C=C/C/C=C/CC. The van der Waals surface area contributed by atoms with Crippen molar-refractivity contribution >= 4 is 11.9 Å². The molecule has 0 aliphatic carbocycles. The molecular formula is C54H91NO5. The molecule has 0 rings (SSSR count). The molecule has 0 saturated heterocycles. The zero-order valence-corrected chi connectivity index (χ0v) is 38.8. The molecule has 6 nitrogen and oxygen atoms in total. The van der Waals surface area contributed by atoms with Gasteiger partial charge in [-0.1, -0.05) is 227 Å². The van der Waals surface area contributed by atoms with Crippen LogP contribution in [0.1, 0.15) is 207 Å². The Morgan fingerprint density at radius 2 is 1.00 bits per heavy atom. The van der Waals surface area contributed by atoms with Crippen LogP contribution < -0.4 is 5.32 Å². The number of esters is 1. The van der Waals surface area contributed by atoms with Gasteiger partial charge in [0.2, 0.25) is 5.91 Å². The van der Waals surface area contributed by atoms with E-state index in [-0.39, 0.29) is 24.9 Å². The van der Waals surface area contributed by atoms with Gasteiger partial charge >= 0.3 is 5.97 Å². The van der Waals surface area contributed by atoms with Gasteiger partial charge in [0.15, 0.2) is 0 Å². The van der Waals surface area contributed by atoms with Crippen LogP contribution in [0.5, 0.6) is 0 Å². The number of allylic oxidation sites excluding steroid dienone is 16. The van der Waals surface area contributed by atoms with Crippen molar-refractivity contribution in [2.24, 2.45) is 0 Å². The average Bonchev–Trinajstić information content (AvgIpc) is 3.24. The predicted octanol–water partition coefficient (Wildman–Crippen LogP) is 14.6. The fourth-order valence-corrected chi connectivity index (χ4v) is 6.92. The molecular weight excluding hydrogens is 743 g/mol. The van der Waals surface area contributed by atoms with E-state index in [0.717, 1.165) is 77.0 Å². The number of amides is 1. The van der Waals surface area contributed by atoms with Crippen molar-refractivity contribution in [2.75, 3.05) is 6.61 Å². The third-order valence-corrected chi connectivity index (χ3v) is 10.6. The number of carbonyl (C=O) groups is 2. The summed E-state index contributed by atoms with van der Waals surface area (Å²) in [5.74, 6) is -0.567. The molecule has 0 heterocycles. The maximum atomic E-state index is 13.2. The molecule has 0 spiro atoms. The maximum Gasteiger partial charge on any atom is 0.306 e. The minimum Gasteiger partial charge on any atom is -0.462 e. The van der Waals surface area contributed by atoms with Gasteiger partial charge in [0.25, 0.3) is 0 Å². The van der Waals surface area contributed by atoms with Crippen molar-refractivity contribution in [3.63, 3.8) is 0 Å². The molecule has 0 aliphatic rings. The summed E-state index contributed by atoms with van der Waals surface area (Å²) in [6.45, 7) is 6.19. The van der Waals surface area contributed by atoms with Crippen LogP contribution >= 0.6 is 0 Å². The van der Waals surface area contributed by atoms with E-state index in [1.807, 2.05) is 60.8 Å². The minimum absolute atomic E-state index is 0.0181. The van der Waals surface area contributed by atoms with Gasteiger partial charge < -0.3 is 20.3 Å². The van der Waals surface area contributed by atoms with Gasteiger partial charge in [0, 0.05) is 6.42 Å². The van der Waals surface area contributed by atoms with Crippen LogP contribution in [0, 0.1) is 0 Å². The minimum atomic E-state index is -0.813. The summed E-state index contributed by atoms with van der Waals surface area (Å²) in [6.07, 6.45) is 61.8. The third-order valence-electron chi connectivity index (χ3n) is 10.6. The first-order valence-electron chi connectivity index (χ1n) is 24.5. The number of aliphatic hydroxyl groups is 2. The van der Waals surface area contributed by atoms with E-state index < -0.39 is 18.2 Å². The summed E-state index contributed by atoms with van der Waals surface area (Å²) in [5, 5.41) is 23.7. The Bertz CT molecular complexity index is 1210. The zero-order valence-electron chi connectivity index (χ0n) is 38.8. The van der Waals surface area contributed by atoms with E-state index in [0.29, 0.717) is 19.3 Å². The van der Waals surface area contributed by atoms with Crippen molar-refractivity contribution in [3.05, 3.63) is 97.2 Å². The topological polar surface area (TPSA) is 95.9 Å². The first-order valence-corrected chi connectivity index (χ1v) is 24.5. The summed E-state index contributed by atoms with van der Waals surface area (Å²) in [6, 6.07) is -0.732. The summed E-state index contributed by atoms with van der Waals surface area (Å²) in [5.41, 5.74) is 0. The standard InChI is InChI=1S/C54H91NO5/c1-4-7-10-13-16-19-22-25-27-28-30-33-36-39-42-45-50(60-54(59)47-44-41-38-35-32-29-26-23-20-17-14-11-8-5-2)48-53(58)55-51(49-56)52(57)46-43-40-37-34-31-24-21-18-15-12-9-6-3/h7-8,10-11,13,16-17,19-20,22,25,27-28,30,33,36,50-52,56-57H,4-6,9,12,14-15,18,21,23-24,26,29,31-32,34-35,37-49H2,1-3H3,(H,55,58)/b10-7-,11-8+,16-13+,20-17+,22-19+,27-25-,30-28+,36-33+. The molecule has 0 saturated carbocycles. The molecule has 0 fully saturated rings. The first-order chi connectivity index (χ1) is 29.5. The number of unbranched alkanes of at least 4 members (excludes halogenated alkanes) is 19. The third kappa shape index (κ3) is 41.5. The van der Waals surface area contributed by atoms with Gasteiger partial charge in [-0.3, -0.25) is 9.59 Å². The summed E-state index contributed by atoms with van der Waals surface area (Å²) < 4.78 is 5.88. The zero-order chi connectivity index (χ0) is 43.8. The van der Waals surface area contributed by atoms with E-state index in [2.05, 4.69) is 62.5 Å². The Balaban J connectivity index is 4.77. The molecule has 6 heteroatoms. The lowest BCUT2D eigenvalue weighted by molar-refractivity contribution is -0.151. The van der Waals surface area contributed by atoms with E-state index in [9.17, 15) is 19.8 Å². The van der Waals surface area contributed by atoms with Crippen molar-refractivity contribution in [1.82, 2.24) is 5.32 Å². The number of hydrogen-bond donors (Lipinski definition) is 3. The highest BCUT2D eigenvalue weighted by Crippen LogP contribution is 2.17. The Morgan fingerprint density at radius 3 is 1.57 bits per heavy atom. The van der Waals surface area contributed by atoms with E-state index in [1.165, 1.54) is 83.5 Å². The Hall–Kier alpha value is -3.22. The quantitative estimate of drug-likeness (QED) is 0.0246. The number of hydrogen-bond acceptors (Lipinski definition) is 5. The molecule has 0 aromatic carbocycles. The van der Waals surface area contributed by atoms with Crippen molar-refractivity contribution < 1.29 is 24.5 Å². The van der Waals surface area contributed by atoms with Gasteiger partial charge in [-0.2, -0.15) is 0 Å². The van der Waals surface area contributed by atoms with Crippen LogP contribution in [-0.2, 0) is 14.3 Å². The van der Waals surface area contributed by atoms with E-state index in [4.69, 9.17) is 4.74 Å². The molecule has 1 amide bonds. The largest absolute Gasteiger partial charge is 0.462 e. The number of rotatable bonds is 42. The molecule has 342 valence electrons. The Morgan fingerprint density at radius 1 is 0.517 bits per heavy atom. The number of aliphatic hydroxyl groups excluding tert-OH is 2. The fourth-order valence-electron chi connectivity index (χ4n) is 6.92. The molecule has 0 radical (unpaired) electrons. The molecule has 0 aromatic heterocycles. The van der Waals surface area contributed by atoms with Crippen LogP contribution in [0.3, 0.4) is 0 Å². The van der Waals surface area contributed by atoms with Crippen LogP contribution in [0.4, 0.5) is 0 Å². The number of carbonyl (C=O) groups excluding carboxylic acids is 2. The smallest absolute Gasteiger partial charge is 0.306 e. The highest BCUT2D eigenvalue weighted by molar-refractivity contribution is 5.77. The molecule has 0 aliphatic heterocycles. The predicted molar refractivity (Wildman–Crippen MR) is 259 cm³/mol.